The predicted octanol–water partition coefficient (Wildman–Crippen LogP) is 2.82. The van der Waals surface area contributed by atoms with E-state index in [4.69, 9.17) is 0 Å². The van der Waals surface area contributed by atoms with Crippen molar-refractivity contribution in [2.75, 3.05) is 24.2 Å². The highest BCUT2D eigenvalue weighted by molar-refractivity contribution is 7.99. The van der Waals surface area contributed by atoms with Gasteiger partial charge in [0.05, 0.1) is 0 Å². The first kappa shape index (κ1) is 12.2. The summed E-state index contributed by atoms with van der Waals surface area (Å²) in [6.07, 6.45) is 7.14. The highest BCUT2D eigenvalue weighted by Crippen LogP contribution is 2.25. The molecule has 1 aliphatic heterocycles. The van der Waals surface area contributed by atoms with Crippen LogP contribution >= 0.6 is 23.3 Å². The molecule has 2 heterocycles. The molecule has 0 saturated carbocycles. The SMILES string of the molecule is CCc1nsc(N2CCCC[C@H](SC)C2)n1. The highest BCUT2D eigenvalue weighted by Gasteiger charge is 2.20. The van der Waals surface area contributed by atoms with E-state index in [1.807, 2.05) is 11.8 Å². The van der Waals surface area contributed by atoms with Gasteiger partial charge in [0, 0.05) is 36.3 Å². The van der Waals surface area contributed by atoms with Crippen molar-refractivity contribution in [2.24, 2.45) is 0 Å². The summed E-state index contributed by atoms with van der Waals surface area (Å²) in [7, 11) is 0. The van der Waals surface area contributed by atoms with E-state index < -0.39 is 0 Å². The molecule has 0 aromatic carbocycles. The van der Waals surface area contributed by atoms with Gasteiger partial charge in [-0.25, -0.2) is 4.98 Å². The number of thioether (sulfide) groups is 1. The lowest BCUT2D eigenvalue weighted by Gasteiger charge is -2.22. The van der Waals surface area contributed by atoms with Crippen LogP contribution in [0.15, 0.2) is 0 Å². The van der Waals surface area contributed by atoms with Crippen molar-refractivity contribution in [1.29, 1.82) is 0 Å². The fraction of sp³-hybridized carbons (Fsp3) is 0.818. The number of aromatic nitrogens is 2. The van der Waals surface area contributed by atoms with Crippen LogP contribution in [-0.4, -0.2) is 34.0 Å². The van der Waals surface area contributed by atoms with Crippen LogP contribution in [0.5, 0.6) is 0 Å². The summed E-state index contributed by atoms with van der Waals surface area (Å²) in [6, 6.07) is 0. The number of rotatable bonds is 3. The van der Waals surface area contributed by atoms with Gasteiger partial charge in [0.25, 0.3) is 0 Å². The van der Waals surface area contributed by atoms with Crippen LogP contribution in [-0.2, 0) is 6.42 Å². The second kappa shape index (κ2) is 5.87. The summed E-state index contributed by atoms with van der Waals surface area (Å²) in [5.74, 6) is 0.991. The molecule has 1 aromatic rings. The maximum atomic E-state index is 4.59. The molecule has 1 atom stereocenters. The fourth-order valence-corrected chi connectivity index (χ4v) is 3.50. The minimum atomic E-state index is 0.761. The lowest BCUT2D eigenvalue weighted by atomic mass is 10.2. The van der Waals surface area contributed by atoms with Gasteiger partial charge in [-0.1, -0.05) is 13.3 Å². The van der Waals surface area contributed by atoms with Crippen LogP contribution in [0.2, 0.25) is 0 Å². The molecule has 0 N–H and O–H groups in total. The monoisotopic (exact) mass is 257 g/mol. The molecular weight excluding hydrogens is 238 g/mol. The van der Waals surface area contributed by atoms with Crippen molar-refractivity contribution >= 4 is 28.4 Å². The van der Waals surface area contributed by atoms with E-state index in [0.717, 1.165) is 35.7 Å². The van der Waals surface area contributed by atoms with E-state index in [-0.39, 0.29) is 0 Å². The standard InChI is InChI=1S/C11H19N3S2/c1-3-10-12-11(16-13-10)14-7-5-4-6-9(8-14)15-2/h9H,3-8H2,1-2H3/t9-/m0/s1. The Morgan fingerprint density at radius 3 is 3.06 bits per heavy atom. The average Bonchev–Trinajstić information content (AvgIpc) is 2.67. The second-order valence-corrected chi connectivity index (χ2v) is 6.01. The van der Waals surface area contributed by atoms with Crippen LogP contribution in [0.3, 0.4) is 0 Å². The maximum Gasteiger partial charge on any atom is 0.205 e. The molecular formula is C11H19N3S2. The number of aryl methyl sites for hydroxylation is 1. The van der Waals surface area contributed by atoms with Gasteiger partial charge in [0.1, 0.15) is 5.82 Å². The van der Waals surface area contributed by atoms with Crippen molar-refractivity contribution in [3.05, 3.63) is 5.82 Å². The van der Waals surface area contributed by atoms with Crippen LogP contribution < -0.4 is 4.90 Å². The fourth-order valence-electron chi connectivity index (χ4n) is 1.99. The molecule has 1 aliphatic rings. The first-order valence-electron chi connectivity index (χ1n) is 5.93. The van der Waals surface area contributed by atoms with E-state index >= 15 is 0 Å². The van der Waals surface area contributed by atoms with Gasteiger partial charge in [-0.2, -0.15) is 16.1 Å². The van der Waals surface area contributed by atoms with E-state index in [9.17, 15) is 0 Å². The molecule has 3 nitrogen and oxygen atoms in total. The molecule has 0 bridgehead atoms. The van der Waals surface area contributed by atoms with Crippen LogP contribution in [0.4, 0.5) is 5.13 Å². The molecule has 1 aromatic heterocycles. The van der Waals surface area contributed by atoms with E-state index in [0.29, 0.717) is 0 Å². The summed E-state index contributed by atoms with van der Waals surface area (Å²) in [5, 5.41) is 1.88. The minimum absolute atomic E-state index is 0.761. The Morgan fingerprint density at radius 1 is 1.50 bits per heavy atom. The van der Waals surface area contributed by atoms with E-state index in [1.165, 1.54) is 19.3 Å². The molecule has 5 heteroatoms. The molecule has 0 spiro atoms. The van der Waals surface area contributed by atoms with Crippen molar-refractivity contribution in [1.82, 2.24) is 9.36 Å². The Bertz CT molecular complexity index is 327. The van der Waals surface area contributed by atoms with Gasteiger partial charge in [0.15, 0.2) is 0 Å². The quantitative estimate of drug-likeness (QED) is 0.832. The van der Waals surface area contributed by atoms with Crippen LogP contribution in [0.1, 0.15) is 32.0 Å². The Labute approximate surface area is 106 Å². The number of anilines is 1. The third-order valence-corrected chi connectivity index (χ3v) is 4.87. The zero-order valence-corrected chi connectivity index (χ0v) is 11.6. The molecule has 1 saturated heterocycles. The molecule has 2 rings (SSSR count). The smallest absolute Gasteiger partial charge is 0.205 e. The summed E-state index contributed by atoms with van der Waals surface area (Å²) in [5.41, 5.74) is 0. The first-order valence-corrected chi connectivity index (χ1v) is 8.00. The Kier molecular flexibility index (Phi) is 4.46. The molecule has 1 fully saturated rings. The van der Waals surface area contributed by atoms with Crippen molar-refractivity contribution < 1.29 is 0 Å². The molecule has 16 heavy (non-hydrogen) atoms. The summed E-state index contributed by atoms with van der Waals surface area (Å²) in [6.45, 7) is 4.40. The van der Waals surface area contributed by atoms with Gasteiger partial charge in [-0.15, -0.1) is 0 Å². The lowest BCUT2D eigenvalue weighted by Crippen LogP contribution is -2.29. The molecule has 0 aliphatic carbocycles. The summed E-state index contributed by atoms with van der Waals surface area (Å²) in [4.78, 5) is 7.01. The first-order chi connectivity index (χ1) is 7.83. The van der Waals surface area contributed by atoms with Gasteiger partial charge >= 0.3 is 0 Å². The van der Waals surface area contributed by atoms with Gasteiger partial charge in [-0.3, -0.25) is 0 Å². The normalized spacial score (nSPS) is 22.1. The second-order valence-electron chi connectivity index (χ2n) is 4.15. The third kappa shape index (κ3) is 2.88. The number of hydrogen-bond acceptors (Lipinski definition) is 5. The Hall–Kier alpha value is -0.290. The highest BCUT2D eigenvalue weighted by atomic mass is 32.2. The van der Waals surface area contributed by atoms with E-state index in [1.54, 1.807) is 11.5 Å². The Balaban J connectivity index is 2.06. The zero-order valence-electron chi connectivity index (χ0n) is 9.98. The molecule has 90 valence electrons. The Morgan fingerprint density at radius 2 is 2.38 bits per heavy atom. The van der Waals surface area contributed by atoms with Crippen LogP contribution in [0.25, 0.3) is 0 Å². The third-order valence-electron chi connectivity index (χ3n) is 3.01. The van der Waals surface area contributed by atoms with Gasteiger partial charge in [0.2, 0.25) is 5.13 Å². The maximum absolute atomic E-state index is 4.59. The van der Waals surface area contributed by atoms with Gasteiger partial charge < -0.3 is 4.90 Å². The van der Waals surface area contributed by atoms with E-state index in [2.05, 4.69) is 27.4 Å². The van der Waals surface area contributed by atoms with Crippen molar-refractivity contribution in [2.45, 2.75) is 37.9 Å². The number of hydrogen-bond donors (Lipinski definition) is 0. The molecule has 0 amide bonds. The van der Waals surface area contributed by atoms with Crippen molar-refractivity contribution in [3.8, 4) is 0 Å². The topological polar surface area (TPSA) is 29.0 Å². The lowest BCUT2D eigenvalue weighted by molar-refractivity contribution is 0.736. The summed E-state index contributed by atoms with van der Waals surface area (Å²) >= 11 is 3.54. The van der Waals surface area contributed by atoms with Gasteiger partial charge in [-0.05, 0) is 19.1 Å². The zero-order chi connectivity index (χ0) is 11.4. The largest absolute Gasteiger partial charge is 0.346 e. The predicted molar refractivity (Wildman–Crippen MR) is 72.7 cm³/mol. The average molecular weight is 257 g/mol. The number of nitrogens with zero attached hydrogens (tertiary/aromatic N) is 3. The minimum Gasteiger partial charge on any atom is -0.346 e. The summed E-state index contributed by atoms with van der Waals surface area (Å²) < 4.78 is 4.37. The van der Waals surface area contributed by atoms with Crippen LogP contribution in [0, 0.1) is 0 Å². The van der Waals surface area contributed by atoms with Crippen molar-refractivity contribution in [3.63, 3.8) is 0 Å². The molecule has 0 radical (unpaired) electrons. The molecule has 0 unspecified atom stereocenters.